The minimum Gasteiger partial charge on any atom is -0.354 e. The minimum absolute atomic E-state index is 0.0763. The number of rotatable bonds is 9. The van der Waals surface area contributed by atoms with E-state index in [2.05, 4.69) is 5.32 Å². The third kappa shape index (κ3) is 4.51. The first kappa shape index (κ1) is 23.4. The second kappa shape index (κ2) is 10.0. The smallest absolute Gasteiger partial charge is 0.259 e. The van der Waals surface area contributed by atoms with Crippen molar-refractivity contribution in [2.45, 2.75) is 39.3 Å². The van der Waals surface area contributed by atoms with Crippen molar-refractivity contribution in [2.75, 3.05) is 18.0 Å². The summed E-state index contributed by atoms with van der Waals surface area (Å²) in [7, 11) is 0. The summed E-state index contributed by atoms with van der Waals surface area (Å²) in [4.78, 5) is 42.3. The molecule has 0 aromatic heterocycles. The van der Waals surface area contributed by atoms with E-state index < -0.39 is 17.8 Å². The summed E-state index contributed by atoms with van der Waals surface area (Å²) in [5.74, 6) is -1.45. The van der Waals surface area contributed by atoms with Gasteiger partial charge >= 0.3 is 0 Å². The molecule has 0 fully saturated rings. The van der Waals surface area contributed by atoms with Gasteiger partial charge in [-0.3, -0.25) is 19.3 Å². The van der Waals surface area contributed by atoms with E-state index in [1.807, 2.05) is 37.3 Å². The van der Waals surface area contributed by atoms with E-state index in [4.69, 9.17) is 0 Å². The van der Waals surface area contributed by atoms with Crippen molar-refractivity contribution in [1.29, 1.82) is 0 Å². The number of carbonyl (C=O) groups is 3. The van der Waals surface area contributed by atoms with Crippen LogP contribution in [0.5, 0.6) is 0 Å². The van der Waals surface area contributed by atoms with Gasteiger partial charge in [0.25, 0.3) is 5.91 Å². The van der Waals surface area contributed by atoms with Gasteiger partial charge in [-0.25, -0.2) is 4.39 Å². The Balaban J connectivity index is 1.60. The Labute approximate surface area is 198 Å². The van der Waals surface area contributed by atoms with Crippen molar-refractivity contribution in [1.82, 2.24) is 10.2 Å². The highest BCUT2D eigenvalue weighted by molar-refractivity contribution is 6.26. The lowest BCUT2D eigenvalue weighted by atomic mass is 10.1. The molecule has 1 aliphatic rings. The Morgan fingerprint density at radius 2 is 1.79 bits per heavy atom. The van der Waals surface area contributed by atoms with Gasteiger partial charge in [-0.2, -0.15) is 0 Å². The monoisotopic (exact) mass is 461 g/mol. The van der Waals surface area contributed by atoms with E-state index in [0.717, 1.165) is 23.6 Å². The van der Waals surface area contributed by atoms with Crippen LogP contribution in [-0.2, 0) is 16.1 Å². The number of nitrogens with zero attached hydrogens (tertiary/aromatic N) is 2. The summed E-state index contributed by atoms with van der Waals surface area (Å²) >= 11 is 0. The Morgan fingerprint density at radius 1 is 1.06 bits per heavy atom. The molecule has 3 aromatic carbocycles. The van der Waals surface area contributed by atoms with Crippen LogP contribution in [0.3, 0.4) is 0 Å². The fraction of sp³-hybridized carbons (Fsp3) is 0.296. The van der Waals surface area contributed by atoms with Crippen LogP contribution in [-0.4, -0.2) is 41.8 Å². The van der Waals surface area contributed by atoms with E-state index in [0.29, 0.717) is 23.4 Å². The molecule has 0 radical (unpaired) electrons. The predicted molar refractivity (Wildman–Crippen MR) is 130 cm³/mol. The maximum Gasteiger partial charge on any atom is 0.259 e. The van der Waals surface area contributed by atoms with Crippen molar-refractivity contribution in [3.63, 3.8) is 0 Å². The molecule has 0 saturated heterocycles. The van der Waals surface area contributed by atoms with E-state index >= 15 is 0 Å². The lowest BCUT2D eigenvalue weighted by molar-refractivity contribution is -0.139. The van der Waals surface area contributed by atoms with Crippen LogP contribution >= 0.6 is 0 Å². The number of benzene rings is 3. The molecule has 34 heavy (non-hydrogen) atoms. The number of hydrogen-bond acceptors (Lipinski definition) is 3. The van der Waals surface area contributed by atoms with Gasteiger partial charge in [-0.1, -0.05) is 55.8 Å². The third-order valence-corrected chi connectivity index (χ3v) is 6.24. The van der Waals surface area contributed by atoms with Crippen molar-refractivity contribution in [2.24, 2.45) is 0 Å². The lowest BCUT2D eigenvalue weighted by Crippen LogP contribution is -2.51. The summed E-state index contributed by atoms with van der Waals surface area (Å²) in [5.41, 5.74) is 1.52. The SMILES string of the molecule is CCCCNC(=O)C(C)N(Cc1ccccc1F)C(=O)CN1C(=O)c2cccc3cccc1c23. The van der Waals surface area contributed by atoms with Gasteiger partial charge < -0.3 is 10.2 Å². The predicted octanol–water partition coefficient (Wildman–Crippen LogP) is 4.27. The van der Waals surface area contributed by atoms with E-state index in [-0.39, 0.29) is 24.9 Å². The molecule has 176 valence electrons. The van der Waals surface area contributed by atoms with E-state index in [1.165, 1.54) is 15.9 Å². The fourth-order valence-electron chi connectivity index (χ4n) is 4.29. The molecule has 1 unspecified atom stereocenters. The van der Waals surface area contributed by atoms with E-state index in [9.17, 15) is 18.8 Å². The molecule has 1 heterocycles. The van der Waals surface area contributed by atoms with Gasteiger partial charge in [0.2, 0.25) is 11.8 Å². The third-order valence-electron chi connectivity index (χ3n) is 6.24. The summed E-state index contributed by atoms with van der Waals surface area (Å²) in [6.07, 6.45) is 1.75. The summed E-state index contributed by atoms with van der Waals surface area (Å²) < 4.78 is 14.4. The average molecular weight is 462 g/mol. The molecule has 1 N–H and O–H groups in total. The largest absolute Gasteiger partial charge is 0.354 e. The molecule has 4 rings (SSSR count). The molecule has 1 atom stereocenters. The maximum absolute atomic E-state index is 14.4. The number of carbonyl (C=O) groups excluding carboxylic acids is 3. The average Bonchev–Trinajstić information content (AvgIpc) is 3.11. The van der Waals surface area contributed by atoms with Gasteiger partial charge in [-0.05, 0) is 36.9 Å². The highest BCUT2D eigenvalue weighted by Crippen LogP contribution is 2.37. The van der Waals surface area contributed by atoms with Crippen LogP contribution in [0.25, 0.3) is 10.8 Å². The molecule has 6 nitrogen and oxygen atoms in total. The van der Waals surface area contributed by atoms with Crippen LogP contribution in [0.1, 0.15) is 42.6 Å². The van der Waals surface area contributed by atoms with E-state index in [1.54, 1.807) is 31.2 Å². The molecule has 3 amide bonds. The first-order valence-corrected chi connectivity index (χ1v) is 11.6. The molecule has 0 bridgehead atoms. The van der Waals surface area contributed by atoms with Gasteiger partial charge in [0.1, 0.15) is 18.4 Å². The van der Waals surface area contributed by atoms with Crippen LogP contribution in [0, 0.1) is 5.82 Å². The molecule has 0 saturated carbocycles. The van der Waals surface area contributed by atoms with Crippen molar-refractivity contribution >= 4 is 34.2 Å². The number of unbranched alkanes of at least 4 members (excludes halogenated alkanes) is 1. The molecule has 0 aliphatic carbocycles. The number of nitrogens with one attached hydrogen (secondary N) is 1. The van der Waals surface area contributed by atoms with Crippen molar-refractivity contribution < 1.29 is 18.8 Å². The Morgan fingerprint density at radius 3 is 2.53 bits per heavy atom. The van der Waals surface area contributed by atoms with Crippen LogP contribution in [0.15, 0.2) is 60.7 Å². The zero-order valence-electron chi connectivity index (χ0n) is 19.4. The highest BCUT2D eigenvalue weighted by atomic mass is 19.1. The van der Waals surface area contributed by atoms with Gasteiger partial charge in [0.15, 0.2) is 0 Å². The van der Waals surface area contributed by atoms with Crippen molar-refractivity contribution in [3.05, 3.63) is 77.6 Å². The molecule has 3 aromatic rings. The standard InChI is InChI=1S/C27H28FN3O3/c1-3-4-15-29-26(33)18(2)30(16-20-9-5-6-13-22(20)28)24(32)17-31-23-14-8-11-19-10-7-12-21(25(19)23)27(31)34/h5-14,18H,3-4,15-17H2,1-2H3,(H,29,33). The van der Waals surface area contributed by atoms with Crippen LogP contribution in [0.2, 0.25) is 0 Å². The number of anilines is 1. The van der Waals surface area contributed by atoms with Crippen molar-refractivity contribution in [3.8, 4) is 0 Å². The first-order valence-electron chi connectivity index (χ1n) is 11.6. The molecule has 7 heteroatoms. The quantitative estimate of drug-likeness (QED) is 0.484. The Kier molecular flexibility index (Phi) is 6.91. The highest BCUT2D eigenvalue weighted by Gasteiger charge is 2.34. The summed E-state index contributed by atoms with van der Waals surface area (Å²) in [6.45, 7) is 3.83. The normalized spacial score (nSPS) is 13.3. The zero-order valence-corrected chi connectivity index (χ0v) is 19.4. The zero-order chi connectivity index (χ0) is 24.2. The number of halogens is 1. The number of amides is 3. The van der Waals surface area contributed by atoms with Crippen LogP contribution in [0.4, 0.5) is 10.1 Å². The minimum atomic E-state index is -0.833. The Bertz CT molecular complexity index is 1240. The fourth-order valence-corrected chi connectivity index (χ4v) is 4.29. The summed E-state index contributed by atoms with van der Waals surface area (Å²) in [6, 6.07) is 16.4. The molecular weight excluding hydrogens is 433 g/mol. The lowest BCUT2D eigenvalue weighted by Gasteiger charge is -2.30. The van der Waals surface area contributed by atoms with Gasteiger partial charge in [0, 0.05) is 29.6 Å². The Hall–Kier alpha value is -3.74. The number of hydrogen-bond donors (Lipinski definition) is 1. The topological polar surface area (TPSA) is 69.7 Å². The maximum atomic E-state index is 14.4. The first-order chi connectivity index (χ1) is 16.4. The van der Waals surface area contributed by atoms with Gasteiger partial charge in [0.05, 0.1) is 5.69 Å². The molecular formula is C27H28FN3O3. The summed E-state index contributed by atoms with van der Waals surface area (Å²) in [5, 5.41) is 4.58. The molecule has 0 spiro atoms. The second-order valence-electron chi connectivity index (χ2n) is 8.51. The van der Waals surface area contributed by atoms with Gasteiger partial charge in [-0.15, -0.1) is 0 Å². The molecule has 1 aliphatic heterocycles. The van der Waals surface area contributed by atoms with Crippen LogP contribution < -0.4 is 10.2 Å². The second-order valence-corrected chi connectivity index (χ2v) is 8.51.